The molecular weight excluding hydrogens is 274 g/mol. The number of hydrogen-bond donors (Lipinski definition) is 0. The summed E-state index contributed by atoms with van der Waals surface area (Å²) in [5.41, 5.74) is 2.14. The molecule has 0 aliphatic carbocycles. The lowest BCUT2D eigenvalue weighted by molar-refractivity contribution is 0.0600. The summed E-state index contributed by atoms with van der Waals surface area (Å²) in [5.74, 6) is -0.103. The third-order valence-electron chi connectivity index (χ3n) is 2.78. The van der Waals surface area contributed by atoms with Crippen molar-refractivity contribution in [2.24, 2.45) is 0 Å². The maximum atomic E-state index is 12.2. The second kappa shape index (κ2) is 6.43. The molecule has 0 radical (unpaired) electrons. The topological polar surface area (TPSA) is 56.3 Å². The molecule has 1 aromatic heterocycles. The summed E-state index contributed by atoms with van der Waals surface area (Å²) >= 11 is 0. The van der Waals surface area contributed by atoms with Crippen LogP contribution in [0.25, 0.3) is 0 Å². The smallest absolute Gasteiger partial charge is 0.339 e. The molecule has 0 aliphatic rings. The molecule has 104 valence electrons. The van der Waals surface area contributed by atoms with E-state index in [9.17, 15) is 9.00 Å². The van der Waals surface area contributed by atoms with Gasteiger partial charge in [0.25, 0.3) is 0 Å². The first-order valence-corrected chi connectivity index (χ1v) is 7.40. The second-order valence-electron chi connectivity index (χ2n) is 4.34. The van der Waals surface area contributed by atoms with Gasteiger partial charge in [-0.15, -0.1) is 0 Å². The normalized spacial score (nSPS) is 11.9. The maximum Gasteiger partial charge on any atom is 0.339 e. The van der Waals surface area contributed by atoms with Crippen molar-refractivity contribution in [2.75, 3.05) is 7.11 Å². The highest BCUT2D eigenvalue weighted by Gasteiger charge is 2.09. The van der Waals surface area contributed by atoms with E-state index in [1.807, 2.05) is 31.2 Å². The summed E-state index contributed by atoms with van der Waals surface area (Å²) in [4.78, 5) is 16.2. The van der Waals surface area contributed by atoms with Crippen LogP contribution in [-0.4, -0.2) is 22.3 Å². The number of hydrogen-bond acceptors (Lipinski definition) is 4. The zero-order chi connectivity index (χ0) is 14.5. The van der Waals surface area contributed by atoms with Crippen LogP contribution >= 0.6 is 0 Å². The van der Waals surface area contributed by atoms with Gasteiger partial charge >= 0.3 is 5.97 Å². The third kappa shape index (κ3) is 3.51. The first-order valence-electron chi connectivity index (χ1n) is 6.08. The molecule has 2 rings (SSSR count). The average molecular weight is 289 g/mol. The Hall–Kier alpha value is -2.01. The molecule has 1 heterocycles. The fraction of sp³-hybridized carbons (Fsp3) is 0.200. The highest BCUT2D eigenvalue weighted by atomic mass is 32.2. The number of esters is 1. The molecule has 1 atom stereocenters. The molecule has 1 unspecified atom stereocenters. The molecule has 0 bridgehead atoms. The van der Waals surface area contributed by atoms with E-state index in [1.54, 1.807) is 12.1 Å². The molecule has 0 spiro atoms. The molecule has 0 saturated heterocycles. The van der Waals surface area contributed by atoms with Crippen molar-refractivity contribution in [3.63, 3.8) is 0 Å². The summed E-state index contributed by atoms with van der Waals surface area (Å²) in [6.45, 7) is 1.96. The van der Waals surface area contributed by atoms with Gasteiger partial charge in [-0.1, -0.05) is 12.1 Å². The van der Waals surface area contributed by atoms with Gasteiger partial charge in [-0.2, -0.15) is 0 Å². The van der Waals surface area contributed by atoms with E-state index in [1.165, 1.54) is 13.3 Å². The molecule has 0 saturated carbocycles. The van der Waals surface area contributed by atoms with Crippen LogP contribution < -0.4 is 0 Å². The van der Waals surface area contributed by atoms with Gasteiger partial charge in [0, 0.05) is 11.1 Å². The lowest BCUT2D eigenvalue weighted by atomic mass is 10.2. The van der Waals surface area contributed by atoms with Gasteiger partial charge < -0.3 is 4.74 Å². The van der Waals surface area contributed by atoms with Crippen LogP contribution in [0.1, 0.15) is 21.6 Å². The number of aryl methyl sites for hydroxylation is 1. The van der Waals surface area contributed by atoms with Gasteiger partial charge in [0.1, 0.15) is 0 Å². The largest absolute Gasteiger partial charge is 0.465 e. The van der Waals surface area contributed by atoms with E-state index >= 15 is 0 Å². The van der Waals surface area contributed by atoms with Crippen molar-refractivity contribution in [1.82, 2.24) is 4.98 Å². The van der Waals surface area contributed by atoms with Gasteiger partial charge in [-0.05, 0) is 36.8 Å². The second-order valence-corrected chi connectivity index (χ2v) is 5.79. The number of carbonyl (C=O) groups is 1. The van der Waals surface area contributed by atoms with Gasteiger partial charge in [0.2, 0.25) is 0 Å². The van der Waals surface area contributed by atoms with Crippen LogP contribution in [0.3, 0.4) is 0 Å². The quantitative estimate of drug-likeness (QED) is 0.811. The van der Waals surface area contributed by atoms with Crippen molar-refractivity contribution in [2.45, 2.75) is 17.6 Å². The molecular formula is C15H15NO3S. The molecule has 5 heteroatoms. The Morgan fingerprint density at radius 1 is 1.30 bits per heavy atom. The van der Waals surface area contributed by atoms with Gasteiger partial charge in [-0.25, -0.2) is 4.79 Å². The number of pyridine rings is 1. The number of rotatable bonds is 4. The Morgan fingerprint density at radius 3 is 2.70 bits per heavy atom. The Balaban J connectivity index is 2.10. The molecule has 2 aromatic rings. The lowest BCUT2D eigenvalue weighted by Crippen LogP contribution is -2.04. The average Bonchev–Trinajstić information content (AvgIpc) is 2.47. The van der Waals surface area contributed by atoms with Gasteiger partial charge in [0.05, 0.1) is 34.9 Å². The summed E-state index contributed by atoms with van der Waals surface area (Å²) in [6.07, 6.45) is 1.44. The van der Waals surface area contributed by atoms with Crippen molar-refractivity contribution < 1.29 is 13.7 Å². The summed E-state index contributed by atoms with van der Waals surface area (Å²) in [7, 11) is 0.180. The number of carbonyl (C=O) groups excluding carboxylic acids is 1. The Labute approximate surface area is 120 Å². The van der Waals surface area contributed by atoms with Crippen LogP contribution in [0.5, 0.6) is 0 Å². The van der Waals surface area contributed by atoms with Crippen LogP contribution in [0.4, 0.5) is 0 Å². The third-order valence-corrected chi connectivity index (χ3v) is 4.11. The van der Waals surface area contributed by atoms with E-state index in [-0.39, 0.29) is 0 Å². The molecule has 0 N–H and O–H groups in total. The molecule has 0 amide bonds. The maximum absolute atomic E-state index is 12.2. The Morgan fingerprint density at radius 2 is 2.10 bits per heavy atom. The monoisotopic (exact) mass is 289 g/mol. The molecule has 1 aromatic carbocycles. The number of ether oxygens (including phenoxy) is 1. The van der Waals surface area contributed by atoms with E-state index in [0.717, 1.165) is 10.5 Å². The van der Waals surface area contributed by atoms with Crippen LogP contribution in [0, 0.1) is 6.92 Å². The SMILES string of the molecule is COC(=O)c1ccc(CS(=O)c2cccc(C)c2)nc1. The highest BCUT2D eigenvalue weighted by Crippen LogP contribution is 2.13. The summed E-state index contributed by atoms with van der Waals surface area (Å²) in [5, 5.41) is 0. The Bertz CT molecular complexity index is 638. The van der Waals surface area contributed by atoms with Crippen molar-refractivity contribution >= 4 is 16.8 Å². The Kier molecular flexibility index (Phi) is 4.63. The number of aromatic nitrogens is 1. The van der Waals surface area contributed by atoms with E-state index in [2.05, 4.69) is 9.72 Å². The first kappa shape index (κ1) is 14.4. The number of benzene rings is 1. The summed E-state index contributed by atoms with van der Waals surface area (Å²) in [6, 6.07) is 10.9. The van der Waals surface area contributed by atoms with E-state index < -0.39 is 16.8 Å². The van der Waals surface area contributed by atoms with Crippen LogP contribution in [-0.2, 0) is 21.3 Å². The predicted octanol–water partition coefficient (Wildman–Crippen LogP) is 2.48. The zero-order valence-electron chi connectivity index (χ0n) is 11.3. The predicted molar refractivity (Wildman–Crippen MR) is 76.9 cm³/mol. The standard InChI is InChI=1S/C15H15NO3S/c1-11-4-3-5-14(8-11)20(18)10-13-7-6-12(9-16-13)15(17)19-2/h3-9H,10H2,1-2H3. The zero-order valence-corrected chi connectivity index (χ0v) is 12.1. The van der Waals surface area contributed by atoms with E-state index in [4.69, 9.17) is 0 Å². The fourth-order valence-corrected chi connectivity index (χ4v) is 2.88. The van der Waals surface area contributed by atoms with Crippen molar-refractivity contribution in [3.05, 3.63) is 59.4 Å². The summed E-state index contributed by atoms with van der Waals surface area (Å²) < 4.78 is 16.8. The number of methoxy groups -OCH3 is 1. The minimum Gasteiger partial charge on any atom is -0.465 e. The van der Waals surface area contributed by atoms with Crippen LogP contribution in [0.15, 0.2) is 47.5 Å². The highest BCUT2D eigenvalue weighted by molar-refractivity contribution is 7.84. The minimum atomic E-state index is -1.14. The number of nitrogens with zero attached hydrogens (tertiary/aromatic N) is 1. The molecule has 0 fully saturated rings. The molecule has 4 nitrogen and oxygen atoms in total. The first-order chi connectivity index (χ1) is 9.60. The van der Waals surface area contributed by atoms with Crippen molar-refractivity contribution in [1.29, 1.82) is 0 Å². The van der Waals surface area contributed by atoms with Crippen molar-refractivity contribution in [3.8, 4) is 0 Å². The molecule has 0 aliphatic heterocycles. The molecule has 20 heavy (non-hydrogen) atoms. The van der Waals surface area contributed by atoms with Gasteiger partial charge in [-0.3, -0.25) is 9.19 Å². The van der Waals surface area contributed by atoms with Gasteiger partial charge in [0.15, 0.2) is 0 Å². The lowest BCUT2D eigenvalue weighted by Gasteiger charge is -2.04. The minimum absolute atomic E-state index is 0.324. The van der Waals surface area contributed by atoms with E-state index in [0.29, 0.717) is 17.0 Å². The van der Waals surface area contributed by atoms with Crippen LogP contribution in [0.2, 0.25) is 0 Å². The fourth-order valence-electron chi connectivity index (χ4n) is 1.72.